The number of guanidine groups is 1. The first kappa shape index (κ1) is 24.9. The number of hydrogen-bond acceptors (Lipinski definition) is 4. The van der Waals surface area contributed by atoms with E-state index in [1.54, 1.807) is 14.1 Å². The van der Waals surface area contributed by atoms with Crippen LogP contribution in [0.25, 0.3) is 0 Å². The maximum absolute atomic E-state index is 11.8. The summed E-state index contributed by atoms with van der Waals surface area (Å²) in [6.07, 6.45) is 6.15. The normalized spacial score (nSPS) is 15.7. The second kappa shape index (κ2) is 12.3. The highest BCUT2D eigenvalue weighted by Crippen LogP contribution is 2.17. The van der Waals surface area contributed by atoms with Crippen molar-refractivity contribution in [1.29, 1.82) is 0 Å². The average Bonchev–Trinajstić information content (AvgIpc) is 2.51. The second-order valence-electron chi connectivity index (χ2n) is 7.70. The highest BCUT2D eigenvalue weighted by molar-refractivity contribution is 14.0. The highest BCUT2D eigenvalue weighted by Gasteiger charge is 2.17. The fourth-order valence-electron chi connectivity index (χ4n) is 2.56. The SMILES string of the molecule is CN(C)C(=O)CN=C(NCCC(=O)OC(C)(C)C)NC1CCCCC1.I. The van der Waals surface area contributed by atoms with Crippen molar-refractivity contribution >= 4 is 41.8 Å². The van der Waals surface area contributed by atoms with Crippen LogP contribution < -0.4 is 10.6 Å². The zero-order valence-electron chi connectivity index (χ0n) is 16.8. The molecule has 1 aliphatic carbocycles. The van der Waals surface area contributed by atoms with Gasteiger partial charge in [-0.3, -0.25) is 9.59 Å². The molecule has 0 aromatic carbocycles. The van der Waals surface area contributed by atoms with Gasteiger partial charge in [0, 0.05) is 26.7 Å². The maximum Gasteiger partial charge on any atom is 0.308 e. The first-order chi connectivity index (χ1) is 11.7. The molecule has 1 fully saturated rings. The third-order valence-corrected chi connectivity index (χ3v) is 3.86. The van der Waals surface area contributed by atoms with Gasteiger partial charge in [-0.2, -0.15) is 0 Å². The van der Waals surface area contributed by atoms with Crippen molar-refractivity contribution in [2.75, 3.05) is 27.2 Å². The van der Waals surface area contributed by atoms with E-state index in [9.17, 15) is 9.59 Å². The van der Waals surface area contributed by atoms with Gasteiger partial charge in [0.1, 0.15) is 12.1 Å². The number of likely N-dealkylation sites (N-methyl/N-ethyl adjacent to an activating group) is 1. The van der Waals surface area contributed by atoms with Gasteiger partial charge in [0.25, 0.3) is 0 Å². The largest absolute Gasteiger partial charge is 0.460 e. The molecule has 0 radical (unpaired) electrons. The van der Waals surface area contributed by atoms with E-state index in [1.165, 1.54) is 24.2 Å². The van der Waals surface area contributed by atoms with E-state index in [0.717, 1.165) is 12.8 Å². The minimum absolute atomic E-state index is 0. The van der Waals surface area contributed by atoms with Crippen molar-refractivity contribution in [2.45, 2.75) is 70.9 Å². The van der Waals surface area contributed by atoms with Gasteiger partial charge in [0.2, 0.25) is 5.91 Å². The Morgan fingerprint density at radius 3 is 2.31 bits per heavy atom. The van der Waals surface area contributed by atoms with Crippen LogP contribution in [0.5, 0.6) is 0 Å². The van der Waals surface area contributed by atoms with E-state index in [0.29, 0.717) is 18.5 Å². The maximum atomic E-state index is 11.8. The molecular formula is C18H35IN4O3. The Bertz CT molecular complexity index is 470. The summed E-state index contributed by atoms with van der Waals surface area (Å²) in [6, 6.07) is 0.371. The van der Waals surface area contributed by atoms with Gasteiger partial charge in [-0.15, -0.1) is 24.0 Å². The van der Waals surface area contributed by atoms with Crippen LogP contribution in [0.3, 0.4) is 0 Å². The number of ether oxygens (including phenoxy) is 1. The highest BCUT2D eigenvalue weighted by atomic mass is 127. The molecule has 1 saturated carbocycles. The molecule has 0 spiro atoms. The van der Waals surface area contributed by atoms with Crippen LogP contribution in [0.2, 0.25) is 0 Å². The second-order valence-corrected chi connectivity index (χ2v) is 7.70. The Labute approximate surface area is 174 Å². The summed E-state index contributed by atoms with van der Waals surface area (Å²) in [5, 5.41) is 6.53. The van der Waals surface area contributed by atoms with E-state index >= 15 is 0 Å². The number of amides is 1. The van der Waals surface area contributed by atoms with Gasteiger partial charge >= 0.3 is 5.97 Å². The van der Waals surface area contributed by atoms with E-state index in [2.05, 4.69) is 15.6 Å². The molecule has 152 valence electrons. The van der Waals surface area contributed by atoms with Crippen molar-refractivity contribution in [2.24, 2.45) is 4.99 Å². The Morgan fingerprint density at radius 2 is 1.77 bits per heavy atom. The Kier molecular flexibility index (Phi) is 11.8. The molecular weight excluding hydrogens is 447 g/mol. The summed E-state index contributed by atoms with van der Waals surface area (Å²) >= 11 is 0. The summed E-state index contributed by atoms with van der Waals surface area (Å²) in [5.41, 5.74) is -0.480. The zero-order valence-corrected chi connectivity index (χ0v) is 19.1. The summed E-state index contributed by atoms with van der Waals surface area (Å²) in [7, 11) is 3.42. The zero-order chi connectivity index (χ0) is 18.9. The standard InChI is InChI=1S/C18H34N4O3.HI/c1-18(2,3)25-16(24)11-12-19-17(20-13-15(23)22(4)5)21-14-9-7-6-8-10-14;/h14H,6-13H2,1-5H3,(H2,19,20,21);1H. The molecule has 0 aliphatic heterocycles. The van der Waals surface area contributed by atoms with Crippen LogP contribution in [-0.2, 0) is 14.3 Å². The number of carbonyl (C=O) groups excluding carboxylic acids is 2. The number of halogens is 1. The lowest BCUT2D eigenvalue weighted by Crippen LogP contribution is -2.45. The Hall–Kier alpha value is -1.06. The van der Waals surface area contributed by atoms with Gasteiger partial charge in [0.05, 0.1) is 6.42 Å². The number of rotatable bonds is 6. The predicted octanol–water partition coefficient (Wildman–Crippen LogP) is 2.29. The molecule has 7 nitrogen and oxygen atoms in total. The molecule has 0 atom stereocenters. The van der Waals surface area contributed by atoms with Crippen LogP contribution in [0.1, 0.15) is 59.3 Å². The lowest BCUT2D eigenvalue weighted by atomic mass is 9.96. The average molecular weight is 482 g/mol. The summed E-state index contributed by atoms with van der Waals surface area (Å²) in [5.74, 6) is 0.281. The van der Waals surface area contributed by atoms with Crippen molar-refractivity contribution in [3.05, 3.63) is 0 Å². The molecule has 26 heavy (non-hydrogen) atoms. The fraction of sp³-hybridized carbons (Fsp3) is 0.833. The van der Waals surface area contributed by atoms with E-state index in [1.807, 2.05) is 20.8 Å². The quantitative estimate of drug-likeness (QED) is 0.263. The van der Waals surface area contributed by atoms with Crippen LogP contribution in [0.15, 0.2) is 4.99 Å². The fourth-order valence-corrected chi connectivity index (χ4v) is 2.56. The van der Waals surface area contributed by atoms with E-state index < -0.39 is 5.60 Å². The summed E-state index contributed by atoms with van der Waals surface area (Å²) in [6.45, 7) is 6.05. The first-order valence-corrected chi connectivity index (χ1v) is 9.14. The Balaban J connectivity index is 0.00000625. The van der Waals surface area contributed by atoms with Crippen LogP contribution in [-0.4, -0.2) is 61.6 Å². The molecule has 8 heteroatoms. The van der Waals surface area contributed by atoms with Crippen molar-refractivity contribution in [3.8, 4) is 0 Å². The van der Waals surface area contributed by atoms with Gasteiger partial charge < -0.3 is 20.3 Å². The molecule has 0 bridgehead atoms. The van der Waals surface area contributed by atoms with Crippen molar-refractivity contribution < 1.29 is 14.3 Å². The minimum Gasteiger partial charge on any atom is -0.460 e. The number of aliphatic imine (C=N–C) groups is 1. The van der Waals surface area contributed by atoms with Gasteiger partial charge in [0.15, 0.2) is 5.96 Å². The van der Waals surface area contributed by atoms with Gasteiger partial charge in [-0.1, -0.05) is 19.3 Å². The molecule has 1 rings (SSSR count). The lowest BCUT2D eigenvalue weighted by molar-refractivity contribution is -0.154. The molecule has 0 aromatic heterocycles. The third-order valence-electron chi connectivity index (χ3n) is 3.86. The minimum atomic E-state index is -0.480. The van der Waals surface area contributed by atoms with E-state index in [4.69, 9.17) is 4.74 Å². The number of carbonyl (C=O) groups is 2. The molecule has 1 aliphatic rings. The smallest absolute Gasteiger partial charge is 0.308 e. The van der Waals surface area contributed by atoms with Crippen LogP contribution in [0.4, 0.5) is 0 Å². The van der Waals surface area contributed by atoms with Crippen molar-refractivity contribution in [1.82, 2.24) is 15.5 Å². The topological polar surface area (TPSA) is 83.0 Å². The third kappa shape index (κ3) is 11.5. The number of nitrogens with one attached hydrogen (secondary N) is 2. The van der Waals surface area contributed by atoms with E-state index in [-0.39, 0.29) is 48.8 Å². The number of hydrogen-bond donors (Lipinski definition) is 2. The summed E-state index contributed by atoms with van der Waals surface area (Å²) < 4.78 is 5.30. The molecule has 0 unspecified atom stereocenters. The van der Waals surface area contributed by atoms with Gasteiger partial charge in [-0.25, -0.2) is 4.99 Å². The summed E-state index contributed by atoms with van der Waals surface area (Å²) in [4.78, 5) is 29.4. The van der Waals surface area contributed by atoms with Crippen molar-refractivity contribution in [3.63, 3.8) is 0 Å². The molecule has 1 amide bonds. The Morgan fingerprint density at radius 1 is 1.15 bits per heavy atom. The first-order valence-electron chi connectivity index (χ1n) is 9.14. The molecule has 0 heterocycles. The van der Waals surface area contributed by atoms with Crippen LogP contribution >= 0.6 is 24.0 Å². The monoisotopic (exact) mass is 482 g/mol. The van der Waals surface area contributed by atoms with Crippen LogP contribution in [0, 0.1) is 0 Å². The number of nitrogens with zero attached hydrogens (tertiary/aromatic N) is 2. The van der Waals surface area contributed by atoms with Gasteiger partial charge in [-0.05, 0) is 33.6 Å². The number of esters is 1. The molecule has 0 saturated heterocycles. The molecule has 0 aromatic rings. The predicted molar refractivity (Wildman–Crippen MR) is 115 cm³/mol. The molecule has 2 N–H and O–H groups in total. The lowest BCUT2D eigenvalue weighted by Gasteiger charge is -2.25.